The number of halogens is 1. The van der Waals surface area contributed by atoms with Crippen molar-refractivity contribution in [1.29, 1.82) is 0 Å². The van der Waals surface area contributed by atoms with Crippen LogP contribution in [0.1, 0.15) is 26.7 Å². The van der Waals surface area contributed by atoms with Gasteiger partial charge in [0, 0.05) is 57.9 Å². The highest BCUT2D eigenvalue weighted by Crippen LogP contribution is 2.15. The Kier molecular flexibility index (Phi) is 10.4. The highest BCUT2D eigenvalue weighted by molar-refractivity contribution is 14.0. The largest absolute Gasteiger partial charge is 0.368 e. The molecular formula is C19H32IN5O. The average Bonchev–Trinajstić information content (AvgIpc) is 2.66. The number of carbonyl (C=O) groups excluding carboxylic acids is 1. The second kappa shape index (κ2) is 12.0. The maximum absolute atomic E-state index is 11.8. The summed E-state index contributed by atoms with van der Waals surface area (Å²) in [6.07, 6.45) is 1.42. The monoisotopic (exact) mass is 473 g/mol. The van der Waals surface area contributed by atoms with Gasteiger partial charge in [-0.25, -0.2) is 0 Å². The first kappa shape index (κ1) is 22.5. The topological polar surface area (TPSA) is 60.0 Å². The quantitative estimate of drug-likeness (QED) is 0.378. The Labute approximate surface area is 174 Å². The number of hydrogen-bond donors (Lipinski definition) is 2. The summed E-state index contributed by atoms with van der Waals surface area (Å²) in [7, 11) is 1.80. The molecule has 0 spiro atoms. The molecule has 0 aliphatic carbocycles. The lowest BCUT2D eigenvalue weighted by Crippen LogP contribution is -2.53. The van der Waals surface area contributed by atoms with E-state index in [0.717, 1.165) is 38.6 Å². The lowest BCUT2D eigenvalue weighted by molar-refractivity contribution is -0.121. The van der Waals surface area contributed by atoms with Gasteiger partial charge in [0.25, 0.3) is 0 Å². The van der Waals surface area contributed by atoms with Gasteiger partial charge < -0.3 is 20.4 Å². The number of nitrogens with zero attached hydrogens (tertiary/aromatic N) is 3. The van der Waals surface area contributed by atoms with Crippen molar-refractivity contribution in [3.05, 3.63) is 30.3 Å². The number of piperazine rings is 1. The van der Waals surface area contributed by atoms with Crippen molar-refractivity contribution >= 4 is 41.5 Å². The van der Waals surface area contributed by atoms with Crippen molar-refractivity contribution in [2.45, 2.75) is 32.7 Å². The number of carbonyl (C=O) groups is 1. The zero-order valence-electron chi connectivity index (χ0n) is 16.1. The van der Waals surface area contributed by atoms with Crippen LogP contribution in [-0.2, 0) is 4.79 Å². The van der Waals surface area contributed by atoms with Gasteiger partial charge in [0.1, 0.15) is 0 Å². The Morgan fingerprint density at radius 3 is 2.42 bits per heavy atom. The van der Waals surface area contributed by atoms with Crippen LogP contribution in [-0.4, -0.2) is 62.6 Å². The van der Waals surface area contributed by atoms with Crippen LogP contribution in [0.25, 0.3) is 0 Å². The number of amides is 1. The molecule has 0 radical (unpaired) electrons. The average molecular weight is 473 g/mol. The summed E-state index contributed by atoms with van der Waals surface area (Å²) in [6, 6.07) is 10.7. The number of guanidine groups is 1. The van der Waals surface area contributed by atoms with E-state index in [9.17, 15) is 4.79 Å². The molecule has 0 aromatic heterocycles. The lowest BCUT2D eigenvalue weighted by atomic mass is 10.2. The van der Waals surface area contributed by atoms with E-state index in [4.69, 9.17) is 0 Å². The summed E-state index contributed by atoms with van der Waals surface area (Å²) in [6.45, 7) is 8.49. The number of anilines is 1. The third-order valence-corrected chi connectivity index (χ3v) is 4.57. The molecule has 6 nitrogen and oxygen atoms in total. The van der Waals surface area contributed by atoms with E-state index >= 15 is 0 Å². The molecule has 26 heavy (non-hydrogen) atoms. The van der Waals surface area contributed by atoms with Gasteiger partial charge in [-0.1, -0.05) is 25.1 Å². The van der Waals surface area contributed by atoms with Gasteiger partial charge >= 0.3 is 0 Å². The molecule has 1 aliphatic rings. The van der Waals surface area contributed by atoms with Crippen molar-refractivity contribution in [2.75, 3.05) is 44.7 Å². The van der Waals surface area contributed by atoms with Crippen molar-refractivity contribution in [3.63, 3.8) is 0 Å². The van der Waals surface area contributed by atoms with E-state index in [1.54, 1.807) is 7.05 Å². The van der Waals surface area contributed by atoms with E-state index in [0.29, 0.717) is 13.0 Å². The Bertz CT molecular complexity index is 558. The Morgan fingerprint density at radius 1 is 1.19 bits per heavy atom. The van der Waals surface area contributed by atoms with Gasteiger partial charge in [0.05, 0.1) is 0 Å². The van der Waals surface area contributed by atoms with Crippen molar-refractivity contribution < 1.29 is 4.79 Å². The van der Waals surface area contributed by atoms with Crippen molar-refractivity contribution in [3.8, 4) is 0 Å². The first-order chi connectivity index (χ1) is 12.1. The first-order valence-electron chi connectivity index (χ1n) is 9.19. The van der Waals surface area contributed by atoms with Crippen molar-refractivity contribution in [1.82, 2.24) is 15.5 Å². The fourth-order valence-corrected chi connectivity index (χ4v) is 2.88. The Morgan fingerprint density at radius 2 is 1.85 bits per heavy atom. The third kappa shape index (κ3) is 7.01. The SMILES string of the molecule is CCC(C)NC(=O)CCNC(=NC)N1CCN(c2ccccc2)CC1.I. The molecule has 2 rings (SSSR count). The smallest absolute Gasteiger partial charge is 0.221 e. The summed E-state index contributed by atoms with van der Waals surface area (Å²) in [5.41, 5.74) is 1.27. The molecule has 1 heterocycles. The van der Waals surface area contributed by atoms with E-state index in [-0.39, 0.29) is 35.9 Å². The van der Waals surface area contributed by atoms with Gasteiger partial charge in [-0.15, -0.1) is 24.0 Å². The first-order valence-corrected chi connectivity index (χ1v) is 9.19. The number of benzene rings is 1. The van der Waals surface area contributed by atoms with E-state index < -0.39 is 0 Å². The predicted molar refractivity (Wildman–Crippen MR) is 120 cm³/mol. The van der Waals surface area contributed by atoms with Gasteiger partial charge in [0.15, 0.2) is 5.96 Å². The number of nitrogens with one attached hydrogen (secondary N) is 2. The second-order valence-corrected chi connectivity index (χ2v) is 6.41. The maximum atomic E-state index is 11.8. The zero-order valence-corrected chi connectivity index (χ0v) is 18.4. The molecule has 1 unspecified atom stereocenters. The summed E-state index contributed by atoms with van der Waals surface area (Å²) in [5, 5.41) is 6.30. The van der Waals surface area contributed by atoms with Gasteiger partial charge in [-0.2, -0.15) is 0 Å². The van der Waals surface area contributed by atoms with Gasteiger partial charge in [0.2, 0.25) is 5.91 Å². The van der Waals surface area contributed by atoms with Gasteiger partial charge in [-0.3, -0.25) is 9.79 Å². The molecule has 146 valence electrons. The number of para-hydroxylation sites is 1. The molecule has 1 saturated heterocycles. The van der Waals surface area contributed by atoms with E-state index in [1.165, 1.54) is 5.69 Å². The van der Waals surface area contributed by atoms with Crippen LogP contribution < -0.4 is 15.5 Å². The summed E-state index contributed by atoms with van der Waals surface area (Å²) < 4.78 is 0. The molecular weight excluding hydrogens is 441 g/mol. The van der Waals surface area contributed by atoms with Crippen molar-refractivity contribution in [2.24, 2.45) is 4.99 Å². The summed E-state index contributed by atoms with van der Waals surface area (Å²) in [5.74, 6) is 0.968. The summed E-state index contributed by atoms with van der Waals surface area (Å²) in [4.78, 5) is 20.9. The zero-order chi connectivity index (χ0) is 18.1. The molecule has 1 fully saturated rings. The Hall–Kier alpha value is -1.51. The van der Waals surface area contributed by atoms with Crippen LogP contribution in [0.3, 0.4) is 0 Å². The number of rotatable bonds is 6. The van der Waals surface area contributed by atoms with Crippen LogP contribution in [0.15, 0.2) is 35.3 Å². The van der Waals surface area contributed by atoms with Crippen LogP contribution >= 0.6 is 24.0 Å². The van der Waals surface area contributed by atoms with Crippen LogP contribution in [0.2, 0.25) is 0 Å². The fourth-order valence-electron chi connectivity index (χ4n) is 2.88. The third-order valence-electron chi connectivity index (χ3n) is 4.57. The van der Waals surface area contributed by atoms with E-state index in [2.05, 4.69) is 56.6 Å². The fraction of sp³-hybridized carbons (Fsp3) is 0.579. The normalized spacial score (nSPS) is 15.9. The number of hydrogen-bond acceptors (Lipinski definition) is 3. The minimum absolute atomic E-state index is 0. The molecule has 1 atom stereocenters. The molecule has 2 N–H and O–H groups in total. The molecule has 0 saturated carbocycles. The highest BCUT2D eigenvalue weighted by Gasteiger charge is 2.19. The minimum Gasteiger partial charge on any atom is -0.368 e. The molecule has 1 aliphatic heterocycles. The maximum Gasteiger partial charge on any atom is 0.221 e. The second-order valence-electron chi connectivity index (χ2n) is 6.41. The lowest BCUT2D eigenvalue weighted by Gasteiger charge is -2.37. The molecule has 1 amide bonds. The molecule has 1 aromatic carbocycles. The van der Waals surface area contributed by atoms with Crippen LogP contribution in [0.4, 0.5) is 5.69 Å². The highest BCUT2D eigenvalue weighted by atomic mass is 127. The van der Waals surface area contributed by atoms with Gasteiger partial charge in [-0.05, 0) is 25.5 Å². The Balaban J connectivity index is 0.00000338. The van der Waals surface area contributed by atoms with Crippen LogP contribution in [0, 0.1) is 0 Å². The summed E-state index contributed by atoms with van der Waals surface area (Å²) >= 11 is 0. The van der Waals surface area contributed by atoms with Crippen LogP contribution in [0.5, 0.6) is 0 Å². The van der Waals surface area contributed by atoms with E-state index in [1.807, 2.05) is 13.0 Å². The minimum atomic E-state index is 0. The molecule has 0 bridgehead atoms. The molecule has 7 heteroatoms. The number of aliphatic imine (C=N–C) groups is 1. The standard InChI is InChI=1S/C19H31N5O.HI/c1-4-16(2)22-18(25)10-11-21-19(20-3)24-14-12-23(13-15-24)17-8-6-5-7-9-17;/h5-9,16H,4,10-15H2,1-3H3,(H,20,21)(H,22,25);1H. The predicted octanol–water partition coefficient (Wildman–Crippen LogP) is 2.31. The molecule has 1 aromatic rings.